The van der Waals surface area contributed by atoms with E-state index >= 15 is 0 Å². The summed E-state index contributed by atoms with van der Waals surface area (Å²) >= 11 is 0. The second kappa shape index (κ2) is 6.75. The van der Waals surface area contributed by atoms with Crippen molar-refractivity contribution in [3.63, 3.8) is 0 Å². The van der Waals surface area contributed by atoms with Gasteiger partial charge in [-0.25, -0.2) is 0 Å². The second-order valence-corrected chi connectivity index (χ2v) is 7.03. The van der Waals surface area contributed by atoms with Crippen LogP contribution in [-0.2, 0) is 0 Å². The summed E-state index contributed by atoms with van der Waals surface area (Å²) < 4.78 is 0. The molecule has 0 heterocycles. The number of hydrogen-bond acceptors (Lipinski definition) is 3. The molecule has 134 valence electrons. The van der Waals surface area contributed by atoms with E-state index in [0.717, 1.165) is 22.3 Å². The highest BCUT2D eigenvalue weighted by molar-refractivity contribution is 5.59. The maximum Gasteiger partial charge on any atom is 0.122 e. The summed E-state index contributed by atoms with van der Waals surface area (Å²) in [6.07, 6.45) is 0. The third-order valence-electron chi connectivity index (χ3n) is 4.82. The van der Waals surface area contributed by atoms with E-state index in [-0.39, 0.29) is 17.2 Å². The van der Waals surface area contributed by atoms with E-state index in [1.54, 1.807) is 12.1 Å². The van der Waals surface area contributed by atoms with Crippen LogP contribution in [0, 0.1) is 27.7 Å². The topological polar surface area (TPSA) is 60.7 Å². The van der Waals surface area contributed by atoms with Crippen LogP contribution in [0.5, 0.6) is 17.2 Å². The summed E-state index contributed by atoms with van der Waals surface area (Å²) in [6.45, 7) is 7.66. The molecule has 3 heteroatoms. The Morgan fingerprint density at radius 3 is 1.54 bits per heavy atom. The molecule has 0 saturated heterocycles. The average Bonchev–Trinajstić information content (AvgIpc) is 2.58. The molecular weight excluding hydrogens is 324 g/mol. The molecule has 0 aromatic heterocycles. The van der Waals surface area contributed by atoms with Gasteiger partial charge < -0.3 is 15.3 Å². The fourth-order valence-electron chi connectivity index (χ4n) is 3.66. The van der Waals surface area contributed by atoms with Crippen LogP contribution in [0.4, 0.5) is 0 Å². The number of hydrogen-bond donors (Lipinski definition) is 3. The molecule has 3 rings (SSSR count). The van der Waals surface area contributed by atoms with Crippen LogP contribution in [-0.4, -0.2) is 15.3 Å². The highest BCUT2D eigenvalue weighted by atomic mass is 16.3. The Kier molecular flexibility index (Phi) is 4.64. The largest absolute Gasteiger partial charge is 0.508 e. The molecule has 0 amide bonds. The molecule has 3 aromatic rings. The highest BCUT2D eigenvalue weighted by Gasteiger charge is 2.27. The van der Waals surface area contributed by atoms with Crippen molar-refractivity contribution in [2.45, 2.75) is 33.6 Å². The minimum Gasteiger partial charge on any atom is -0.508 e. The Bertz CT molecular complexity index is 916. The third kappa shape index (κ3) is 3.13. The molecule has 0 atom stereocenters. The summed E-state index contributed by atoms with van der Waals surface area (Å²) in [6, 6.07) is 14.7. The van der Waals surface area contributed by atoms with Crippen molar-refractivity contribution in [1.29, 1.82) is 0 Å². The number of aromatic hydroxyl groups is 3. The molecule has 3 N–H and O–H groups in total. The minimum atomic E-state index is -0.478. The van der Waals surface area contributed by atoms with E-state index in [9.17, 15) is 15.3 Å². The van der Waals surface area contributed by atoms with Gasteiger partial charge in [-0.05, 0) is 44.9 Å². The molecule has 0 aliphatic rings. The molecule has 0 aliphatic carbocycles. The van der Waals surface area contributed by atoms with Crippen LogP contribution >= 0.6 is 0 Å². The van der Waals surface area contributed by atoms with Gasteiger partial charge >= 0.3 is 0 Å². The van der Waals surface area contributed by atoms with Crippen molar-refractivity contribution in [3.05, 3.63) is 87.5 Å². The molecule has 0 saturated carbocycles. The molecule has 0 unspecified atom stereocenters. The Morgan fingerprint density at radius 2 is 1.08 bits per heavy atom. The average molecular weight is 348 g/mol. The van der Waals surface area contributed by atoms with Gasteiger partial charge in [-0.2, -0.15) is 0 Å². The SMILES string of the molecule is Cc1cc(C)c(O)c(C(c2ccccc2O)c2cc(C)cc(C)c2O)c1. The van der Waals surface area contributed by atoms with E-state index in [1.807, 2.05) is 64.1 Å². The number of aryl methyl sites for hydroxylation is 4. The van der Waals surface area contributed by atoms with Crippen LogP contribution in [0.2, 0.25) is 0 Å². The second-order valence-electron chi connectivity index (χ2n) is 7.03. The summed E-state index contributed by atoms with van der Waals surface area (Å²) in [4.78, 5) is 0. The van der Waals surface area contributed by atoms with Gasteiger partial charge in [-0.3, -0.25) is 0 Å². The first-order valence-corrected chi connectivity index (χ1v) is 8.67. The molecule has 3 nitrogen and oxygen atoms in total. The van der Waals surface area contributed by atoms with E-state index < -0.39 is 5.92 Å². The van der Waals surface area contributed by atoms with Crippen molar-refractivity contribution >= 4 is 0 Å². The Morgan fingerprint density at radius 1 is 0.615 bits per heavy atom. The van der Waals surface area contributed by atoms with Gasteiger partial charge in [-0.1, -0.05) is 53.6 Å². The van der Waals surface area contributed by atoms with Gasteiger partial charge in [0.2, 0.25) is 0 Å². The molecular formula is C23H24O3. The van der Waals surface area contributed by atoms with E-state index in [0.29, 0.717) is 16.7 Å². The highest BCUT2D eigenvalue weighted by Crippen LogP contribution is 2.45. The van der Waals surface area contributed by atoms with Crippen LogP contribution in [0.3, 0.4) is 0 Å². The first-order chi connectivity index (χ1) is 12.3. The number of phenols is 3. The molecule has 0 fully saturated rings. The molecule has 3 aromatic carbocycles. The molecule has 0 aliphatic heterocycles. The van der Waals surface area contributed by atoms with Crippen molar-refractivity contribution in [2.24, 2.45) is 0 Å². The smallest absolute Gasteiger partial charge is 0.122 e. The molecule has 0 bridgehead atoms. The Labute approximate surface area is 154 Å². The Balaban J connectivity index is 2.38. The van der Waals surface area contributed by atoms with Crippen LogP contribution in [0.25, 0.3) is 0 Å². The maximum absolute atomic E-state index is 10.8. The lowest BCUT2D eigenvalue weighted by Gasteiger charge is -2.24. The Hall–Kier alpha value is -2.94. The predicted octanol–water partition coefficient (Wildman–Crippen LogP) is 5.22. The van der Waals surface area contributed by atoms with Crippen molar-refractivity contribution in [1.82, 2.24) is 0 Å². The third-order valence-corrected chi connectivity index (χ3v) is 4.82. The van der Waals surface area contributed by atoms with Gasteiger partial charge in [0.1, 0.15) is 17.2 Å². The van der Waals surface area contributed by atoms with Crippen molar-refractivity contribution in [2.75, 3.05) is 0 Å². The lowest BCUT2D eigenvalue weighted by atomic mass is 9.81. The van der Waals surface area contributed by atoms with E-state index in [4.69, 9.17) is 0 Å². The van der Waals surface area contributed by atoms with E-state index in [1.165, 1.54) is 0 Å². The van der Waals surface area contributed by atoms with Gasteiger partial charge in [0.15, 0.2) is 0 Å². The monoisotopic (exact) mass is 348 g/mol. The fourth-order valence-corrected chi connectivity index (χ4v) is 3.66. The summed E-state index contributed by atoms with van der Waals surface area (Å²) in [5.41, 5.74) is 5.55. The number of para-hydroxylation sites is 1. The lowest BCUT2D eigenvalue weighted by molar-refractivity contribution is 0.447. The first-order valence-electron chi connectivity index (χ1n) is 8.67. The quantitative estimate of drug-likeness (QED) is 0.569. The number of phenolic OH excluding ortho intramolecular Hbond substituents is 3. The van der Waals surface area contributed by atoms with Crippen molar-refractivity contribution < 1.29 is 15.3 Å². The summed E-state index contributed by atoms with van der Waals surface area (Å²) in [5, 5.41) is 32.0. The zero-order valence-corrected chi connectivity index (χ0v) is 15.5. The van der Waals surface area contributed by atoms with Crippen molar-refractivity contribution in [3.8, 4) is 17.2 Å². The zero-order chi connectivity index (χ0) is 19.0. The minimum absolute atomic E-state index is 0.134. The number of benzene rings is 3. The first kappa shape index (κ1) is 17.9. The summed E-state index contributed by atoms with van der Waals surface area (Å²) in [7, 11) is 0. The van der Waals surface area contributed by atoms with Gasteiger partial charge in [0, 0.05) is 22.6 Å². The molecule has 26 heavy (non-hydrogen) atoms. The zero-order valence-electron chi connectivity index (χ0n) is 15.5. The van der Waals surface area contributed by atoms with Gasteiger partial charge in [0.25, 0.3) is 0 Å². The maximum atomic E-state index is 10.8. The predicted molar refractivity (Wildman–Crippen MR) is 104 cm³/mol. The van der Waals surface area contributed by atoms with Crippen LogP contribution in [0.1, 0.15) is 44.9 Å². The fraction of sp³-hybridized carbons (Fsp3) is 0.217. The van der Waals surface area contributed by atoms with E-state index in [2.05, 4.69) is 0 Å². The summed E-state index contributed by atoms with van der Waals surface area (Å²) in [5.74, 6) is 0.0212. The molecule has 0 spiro atoms. The normalized spacial score (nSPS) is 11.1. The standard InChI is InChI=1S/C23H24O3/c1-13-9-15(3)22(25)18(11-13)21(17-7-5-6-8-20(17)24)19-12-14(2)10-16(4)23(19)26/h5-12,21,24-26H,1-4H3. The lowest BCUT2D eigenvalue weighted by Crippen LogP contribution is -2.07. The van der Waals surface area contributed by atoms with Gasteiger partial charge in [0.05, 0.1) is 0 Å². The van der Waals surface area contributed by atoms with Crippen LogP contribution < -0.4 is 0 Å². The van der Waals surface area contributed by atoms with Gasteiger partial charge in [-0.15, -0.1) is 0 Å². The van der Waals surface area contributed by atoms with Crippen LogP contribution in [0.15, 0.2) is 48.5 Å². The molecule has 0 radical (unpaired) electrons. The number of rotatable bonds is 3.